The van der Waals surface area contributed by atoms with E-state index < -0.39 is 0 Å². The molecule has 6 atom stereocenters. The lowest BCUT2D eigenvalue weighted by Crippen LogP contribution is -2.73. The van der Waals surface area contributed by atoms with Crippen LogP contribution in [-0.4, -0.2) is 4.98 Å². The molecule has 11 rings (SSSR count). The summed E-state index contributed by atoms with van der Waals surface area (Å²) in [6.07, 6.45) is 6.00. The van der Waals surface area contributed by atoms with E-state index in [2.05, 4.69) is 102 Å². The van der Waals surface area contributed by atoms with Crippen LogP contribution in [0.3, 0.4) is 0 Å². The van der Waals surface area contributed by atoms with E-state index in [0.29, 0.717) is 5.41 Å². The molecule has 5 aromatic carbocycles. The average Bonchev–Trinajstić information content (AvgIpc) is 3.70. The molecule has 1 aromatic heterocycles. The summed E-state index contributed by atoms with van der Waals surface area (Å²) in [4.78, 5) is 3.73. The monoisotopic (exact) mass is 499 g/mol. The molecule has 1 nitrogen and oxygen atoms in total. The van der Waals surface area contributed by atoms with E-state index in [1.165, 1.54) is 80.5 Å². The van der Waals surface area contributed by atoms with Crippen molar-refractivity contribution in [3.05, 3.63) is 108 Å². The highest BCUT2D eigenvalue weighted by atomic mass is 14.9. The average molecular weight is 500 g/mol. The molecular weight excluding hydrogens is 470 g/mol. The second kappa shape index (κ2) is 6.31. The zero-order valence-corrected chi connectivity index (χ0v) is 21.9. The minimum absolute atomic E-state index is 0.290. The SMILES string of the molecule is c1ccc2c(c1)-c1cc(-c3ccc4c(c3)[nH]c3ccc5ccccc5c34)ccc1C21C2CC3CC4CC1C42C3. The lowest BCUT2D eigenvalue weighted by molar-refractivity contribution is -0.231. The molecule has 0 saturated heterocycles. The van der Waals surface area contributed by atoms with Crippen molar-refractivity contribution in [2.45, 2.75) is 31.1 Å². The van der Waals surface area contributed by atoms with Crippen molar-refractivity contribution >= 4 is 32.6 Å². The minimum atomic E-state index is 0.290. The van der Waals surface area contributed by atoms with Crippen LogP contribution >= 0.6 is 0 Å². The van der Waals surface area contributed by atoms with Crippen molar-refractivity contribution in [3.8, 4) is 22.3 Å². The number of aromatic nitrogens is 1. The van der Waals surface area contributed by atoms with E-state index >= 15 is 0 Å². The highest BCUT2D eigenvalue weighted by Gasteiger charge is 2.84. The smallest absolute Gasteiger partial charge is 0.0471 e. The predicted octanol–water partition coefficient (Wildman–Crippen LogP) is 9.47. The van der Waals surface area contributed by atoms with Crippen molar-refractivity contribution in [1.29, 1.82) is 0 Å². The van der Waals surface area contributed by atoms with Crippen molar-refractivity contribution in [3.63, 3.8) is 0 Å². The first-order chi connectivity index (χ1) is 19.3. The molecule has 4 fully saturated rings. The Balaban J connectivity index is 1.09. The largest absolute Gasteiger partial charge is 0.354 e. The number of aromatic amines is 1. The fourth-order valence-electron chi connectivity index (χ4n) is 11.4. The van der Waals surface area contributed by atoms with E-state index in [4.69, 9.17) is 0 Å². The van der Waals surface area contributed by atoms with Gasteiger partial charge >= 0.3 is 0 Å². The molecule has 0 radical (unpaired) electrons. The van der Waals surface area contributed by atoms with Crippen LogP contribution in [0.1, 0.15) is 36.8 Å². The van der Waals surface area contributed by atoms with Crippen LogP contribution in [0.5, 0.6) is 0 Å². The number of nitrogens with one attached hydrogen (secondary N) is 1. The minimum Gasteiger partial charge on any atom is -0.354 e. The van der Waals surface area contributed by atoms with E-state index in [0.717, 1.165) is 23.7 Å². The van der Waals surface area contributed by atoms with Crippen molar-refractivity contribution in [1.82, 2.24) is 4.98 Å². The van der Waals surface area contributed by atoms with Crippen LogP contribution in [0.4, 0.5) is 0 Å². The van der Waals surface area contributed by atoms with Gasteiger partial charge in [0, 0.05) is 27.2 Å². The zero-order chi connectivity index (χ0) is 25.1. The van der Waals surface area contributed by atoms with E-state index in [9.17, 15) is 0 Å². The standard InChI is InChI=1S/C38H29N/c1-2-6-26-22(5-1)11-14-32-36(26)28-12-9-24(18-33(28)39-32)23-10-13-31-29(17-23)27-7-3-4-8-30(27)38(31)34-16-21-15-25-19-35(38)37(25,34)20-21/h1-14,17-18,21,25,34-35,39H,15-16,19-20H2. The van der Waals surface area contributed by atoms with Crippen LogP contribution < -0.4 is 0 Å². The second-order valence-electron chi connectivity index (χ2n) is 13.5. The van der Waals surface area contributed by atoms with Gasteiger partial charge in [-0.05, 0) is 117 Å². The fourth-order valence-corrected chi connectivity index (χ4v) is 11.4. The molecule has 5 aliphatic rings. The van der Waals surface area contributed by atoms with Gasteiger partial charge in [-0.1, -0.05) is 78.9 Å². The van der Waals surface area contributed by atoms with Crippen LogP contribution in [0.2, 0.25) is 0 Å². The molecule has 0 aliphatic heterocycles. The molecular formula is C38H29N. The molecule has 2 spiro atoms. The molecule has 5 aliphatic carbocycles. The molecule has 4 saturated carbocycles. The Bertz CT molecular complexity index is 2080. The van der Waals surface area contributed by atoms with Gasteiger partial charge in [0.05, 0.1) is 0 Å². The molecule has 1 heterocycles. The van der Waals surface area contributed by atoms with Gasteiger partial charge in [0.2, 0.25) is 0 Å². The Kier molecular flexibility index (Phi) is 3.25. The third kappa shape index (κ3) is 2.02. The maximum atomic E-state index is 3.73. The molecule has 1 heteroatoms. The van der Waals surface area contributed by atoms with Gasteiger partial charge in [-0.2, -0.15) is 0 Å². The van der Waals surface area contributed by atoms with Crippen molar-refractivity contribution in [2.24, 2.45) is 29.1 Å². The van der Waals surface area contributed by atoms with Crippen LogP contribution in [-0.2, 0) is 5.41 Å². The predicted molar refractivity (Wildman–Crippen MR) is 160 cm³/mol. The third-order valence-electron chi connectivity index (χ3n) is 12.5. The van der Waals surface area contributed by atoms with Crippen LogP contribution in [0.25, 0.3) is 54.8 Å². The Morgan fingerprint density at radius 3 is 2.41 bits per heavy atom. The number of fused-ring (bicyclic) bond motifs is 13. The van der Waals surface area contributed by atoms with E-state index in [1.807, 2.05) is 0 Å². The first-order valence-corrected chi connectivity index (χ1v) is 14.9. The van der Waals surface area contributed by atoms with Gasteiger partial charge in [0.15, 0.2) is 0 Å². The number of hydrogen-bond donors (Lipinski definition) is 1. The number of H-pyrrole nitrogens is 1. The first kappa shape index (κ1) is 20.1. The van der Waals surface area contributed by atoms with Gasteiger partial charge in [-0.15, -0.1) is 0 Å². The third-order valence-corrected chi connectivity index (χ3v) is 12.5. The molecule has 6 unspecified atom stereocenters. The number of rotatable bonds is 1. The molecule has 0 amide bonds. The summed E-state index contributed by atoms with van der Waals surface area (Å²) in [5, 5.41) is 5.27. The summed E-state index contributed by atoms with van der Waals surface area (Å²) in [6.45, 7) is 0. The van der Waals surface area contributed by atoms with E-state index in [-0.39, 0.29) is 5.41 Å². The zero-order valence-electron chi connectivity index (χ0n) is 21.9. The number of benzene rings is 5. The summed E-state index contributed by atoms with van der Waals surface area (Å²) < 4.78 is 0. The summed E-state index contributed by atoms with van der Waals surface area (Å²) >= 11 is 0. The van der Waals surface area contributed by atoms with Crippen molar-refractivity contribution < 1.29 is 0 Å². The van der Waals surface area contributed by atoms with Crippen LogP contribution in [0, 0.1) is 29.1 Å². The van der Waals surface area contributed by atoms with Gasteiger partial charge in [0.25, 0.3) is 0 Å². The summed E-state index contributed by atoms with van der Waals surface area (Å²) in [6, 6.07) is 37.2. The van der Waals surface area contributed by atoms with Gasteiger partial charge in [-0.25, -0.2) is 0 Å². The summed E-state index contributed by atoms with van der Waals surface area (Å²) in [7, 11) is 0. The lowest BCUT2D eigenvalue weighted by atomic mass is 9.27. The Labute approximate surface area is 227 Å². The highest BCUT2D eigenvalue weighted by molar-refractivity contribution is 6.20. The first-order valence-electron chi connectivity index (χ1n) is 14.9. The van der Waals surface area contributed by atoms with E-state index in [1.54, 1.807) is 11.1 Å². The maximum Gasteiger partial charge on any atom is 0.0471 e. The maximum absolute atomic E-state index is 3.73. The quantitative estimate of drug-likeness (QED) is 0.232. The molecule has 6 aromatic rings. The summed E-state index contributed by atoms with van der Waals surface area (Å²) in [5.74, 6) is 3.78. The fraction of sp³-hybridized carbons (Fsp3) is 0.263. The molecule has 186 valence electrons. The Hall–Kier alpha value is -3.84. The molecule has 1 N–H and O–H groups in total. The van der Waals surface area contributed by atoms with Gasteiger partial charge < -0.3 is 4.98 Å². The Morgan fingerprint density at radius 2 is 1.44 bits per heavy atom. The lowest BCUT2D eigenvalue weighted by Gasteiger charge is -2.76. The Morgan fingerprint density at radius 1 is 0.615 bits per heavy atom. The van der Waals surface area contributed by atoms with Gasteiger partial charge in [-0.3, -0.25) is 0 Å². The van der Waals surface area contributed by atoms with Gasteiger partial charge in [0.1, 0.15) is 0 Å². The second-order valence-corrected chi connectivity index (χ2v) is 13.5. The normalized spacial score (nSPS) is 32.4. The number of hydrogen-bond acceptors (Lipinski definition) is 0. The molecule has 39 heavy (non-hydrogen) atoms. The molecule has 2 bridgehead atoms. The van der Waals surface area contributed by atoms with Crippen LogP contribution in [0.15, 0.2) is 97.1 Å². The summed E-state index contributed by atoms with van der Waals surface area (Å²) in [5.41, 5.74) is 12.4. The topological polar surface area (TPSA) is 15.8 Å². The highest BCUT2D eigenvalue weighted by Crippen LogP contribution is 2.89. The van der Waals surface area contributed by atoms with Crippen molar-refractivity contribution in [2.75, 3.05) is 0 Å².